The topological polar surface area (TPSA) is 139 Å². The molecule has 37 heavy (non-hydrogen) atoms. The van der Waals surface area contributed by atoms with Gasteiger partial charge in [-0.05, 0) is 36.3 Å². The summed E-state index contributed by atoms with van der Waals surface area (Å²) in [6, 6.07) is 4.83. The number of carboxylic acids is 1. The second-order valence-electron chi connectivity index (χ2n) is 10.3. The first-order valence-corrected chi connectivity index (χ1v) is 13.3. The molecule has 206 valence electrons. The van der Waals surface area contributed by atoms with Crippen LogP contribution in [0, 0.1) is 11.8 Å². The number of esters is 1. The van der Waals surface area contributed by atoms with Crippen molar-refractivity contribution in [3.8, 4) is 0 Å². The molecule has 0 radical (unpaired) electrons. The molecular weight excluding hydrogens is 474 g/mol. The van der Waals surface area contributed by atoms with Crippen LogP contribution in [0.25, 0.3) is 0 Å². The van der Waals surface area contributed by atoms with Gasteiger partial charge in [0, 0.05) is 13.0 Å². The molecule has 1 heterocycles. The number of amides is 2. The lowest BCUT2D eigenvalue weighted by Gasteiger charge is -2.37. The van der Waals surface area contributed by atoms with E-state index in [4.69, 9.17) is 10.5 Å². The summed E-state index contributed by atoms with van der Waals surface area (Å²) in [7, 11) is 0. The van der Waals surface area contributed by atoms with Crippen LogP contribution >= 0.6 is 0 Å². The number of hydrogen-bond acceptors (Lipinski definition) is 6. The van der Waals surface area contributed by atoms with Gasteiger partial charge in [0.25, 0.3) is 0 Å². The first-order chi connectivity index (χ1) is 17.5. The lowest BCUT2D eigenvalue weighted by Crippen LogP contribution is -2.55. The number of rotatable bonds is 13. The van der Waals surface area contributed by atoms with Gasteiger partial charge in [0.1, 0.15) is 24.2 Å². The Balaban J connectivity index is 2.29. The van der Waals surface area contributed by atoms with Crippen molar-refractivity contribution < 1.29 is 29.0 Å². The number of aliphatic carboxylic acids is 1. The van der Waals surface area contributed by atoms with Gasteiger partial charge in [0.05, 0.1) is 6.42 Å². The molecular formula is C28H43N3O6. The Bertz CT molecular complexity index is 952. The molecule has 0 spiro atoms. The molecule has 1 aliphatic rings. The molecule has 0 bridgehead atoms. The number of fused-ring (bicyclic) bond motifs is 1. The molecule has 1 aromatic carbocycles. The van der Waals surface area contributed by atoms with Crippen molar-refractivity contribution in [2.75, 3.05) is 0 Å². The van der Waals surface area contributed by atoms with E-state index in [2.05, 4.69) is 12.2 Å². The van der Waals surface area contributed by atoms with Crippen molar-refractivity contribution >= 4 is 23.8 Å². The third-order valence-corrected chi connectivity index (χ3v) is 7.42. The number of carbonyl (C=O) groups excluding carboxylic acids is 3. The van der Waals surface area contributed by atoms with Crippen molar-refractivity contribution in [1.82, 2.24) is 10.2 Å². The molecule has 4 N–H and O–H groups in total. The van der Waals surface area contributed by atoms with E-state index in [0.29, 0.717) is 0 Å². The molecule has 9 heteroatoms. The maximum atomic E-state index is 13.7. The van der Waals surface area contributed by atoms with Crippen LogP contribution in [-0.4, -0.2) is 58.0 Å². The van der Waals surface area contributed by atoms with Gasteiger partial charge in [-0.15, -0.1) is 0 Å². The summed E-state index contributed by atoms with van der Waals surface area (Å²) in [5.74, 6) is -2.66. The van der Waals surface area contributed by atoms with E-state index in [-0.39, 0.29) is 37.1 Å². The Kier molecular flexibility index (Phi) is 11.6. The van der Waals surface area contributed by atoms with Gasteiger partial charge in [0.15, 0.2) is 0 Å². The number of nitrogens with zero attached hydrogens (tertiary/aromatic N) is 1. The largest absolute Gasteiger partial charge is 0.480 e. The molecule has 1 aromatic rings. The summed E-state index contributed by atoms with van der Waals surface area (Å²) in [6.45, 7) is 9.47. The van der Waals surface area contributed by atoms with Crippen molar-refractivity contribution in [1.29, 1.82) is 0 Å². The lowest BCUT2D eigenvalue weighted by atomic mass is 9.91. The minimum atomic E-state index is -1.16. The highest BCUT2D eigenvalue weighted by molar-refractivity contribution is 5.91. The third-order valence-electron chi connectivity index (χ3n) is 7.42. The quantitative estimate of drug-likeness (QED) is 0.342. The standard InChI is InChI=1S/C28H43N3O6/c1-6-8-11-18(4)23(37-28(36)25(29)17(3)7-2)15-24(32)31-16-21-13-10-9-12-20(21)14-22(31)26(33)30-19(5)27(34)35/h9-10,12-13,17-19,22-23,25H,6-8,11,14-16,29H2,1-5H3,(H,30,33)(H,34,35)/t17-,18-,19-,22+,23-,25+/m0/s1. The molecule has 0 saturated heterocycles. The summed E-state index contributed by atoms with van der Waals surface area (Å²) < 4.78 is 5.83. The Labute approximate surface area is 220 Å². The molecule has 0 saturated carbocycles. The van der Waals surface area contributed by atoms with Crippen LogP contribution in [0.2, 0.25) is 0 Å². The highest BCUT2D eigenvalue weighted by Gasteiger charge is 2.38. The van der Waals surface area contributed by atoms with Gasteiger partial charge in [-0.1, -0.05) is 71.2 Å². The van der Waals surface area contributed by atoms with Crippen molar-refractivity contribution in [2.45, 2.75) is 104 Å². The van der Waals surface area contributed by atoms with Crippen LogP contribution in [0.5, 0.6) is 0 Å². The predicted molar refractivity (Wildman–Crippen MR) is 140 cm³/mol. The minimum absolute atomic E-state index is 0.0577. The zero-order valence-electron chi connectivity index (χ0n) is 22.7. The second kappa shape index (κ2) is 14.1. The first-order valence-electron chi connectivity index (χ1n) is 13.3. The molecule has 2 amide bonds. The molecule has 0 fully saturated rings. The van der Waals surface area contributed by atoms with E-state index in [1.165, 1.54) is 11.8 Å². The number of carbonyl (C=O) groups is 4. The molecule has 0 aliphatic carbocycles. The van der Waals surface area contributed by atoms with E-state index in [0.717, 1.165) is 36.8 Å². The Morgan fingerprint density at radius 3 is 2.35 bits per heavy atom. The fourth-order valence-corrected chi connectivity index (χ4v) is 4.46. The zero-order chi connectivity index (χ0) is 27.7. The summed E-state index contributed by atoms with van der Waals surface area (Å²) in [5.41, 5.74) is 7.98. The minimum Gasteiger partial charge on any atom is -0.480 e. The number of ether oxygens (including phenoxy) is 1. The predicted octanol–water partition coefficient (Wildman–Crippen LogP) is 3.03. The van der Waals surface area contributed by atoms with Gasteiger partial charge in [0.2, 0.25) is 11.8 Å². The number of unbranched alkanes of at least 4 members (excludes halogenated alkanes) is 1. The Hall–Kier alpha value is -2.94. The molecule has 2 rings (SSSR count). The summed E-state index contributed by atoms with van der Waals surface area (Å²) in [6.07, 6.45) is 2.92. The fourth-order valence-electron chi connectivity index (χ4n) is 4.46. The average Bonchev–Trinajstić information content (AvgIpc) is 2.89. The number of nitrogens with one attached hydrogen (secondary N) is 1. The van der Waals surface area contributed by atoms with Crippen LogP contribution in [0.15, 0.2) is 24.3 Å². The third kappa shape index (κ3) is 8.28. The van der Waals surface area contributed by atoms with Gasteiger partial charge in [-0.3, -0.25) is 19.2 Å². The molecule has 9 nitrogen and oxygen atoms in total. The fraction of sp³-hybridized carbons (Fsp3) is 0.643. The zero-order valence-corrected chi connectivity index (χ0v) is 22.7. The maximum absolute atomic E-state index is 13.7. The van der Waals surface area contributed by atoms with Gasteiger partial charge in [-0.2, -0.15) is 0 Å². The lowest BCUT2D eigenvalue weighted by molar-refractivity contribution is -0.158. The maximum Gasteiger partial charge on any atom is 0.325 e. The number of carboxylic acid groups (broad SMARTS) is 1. The summed E-state index contributed by atoms with van der Waals surface area (Å²) in [4.78, 5) is 52.4. The molecule has 6 atom stereocenters. The van der Waals surface area contributed by atoms with Crippen molar-refractivity contribution in [3.63, 3.8) is 0 Å². The molecule has 0 aromatic heterocycles. The number of hydrogen-bond donors (Lipinski definition) is 3. The van der Waals surface area contributed by atoms with Gasteiger partial charge >= 0.3 is 11.9 Å². The van der Waals surface area contributed by atoms with Crippen LogP contribution in [0.3, 0.4) is 0 Å². The highest BCUT2D eigenvalue weighted by Crippen LogP contribution is 2.27. The summed E-state index contributed by atoms with van der Waals surface area (Å²) >= 11 is 0. The Morgan fingerprint density at radius 1 is 1.11 bits per heavy atom. The van der Waals surface area contributed by atoms with Crippen molar-refractivity contribution in [2.24, 2.45) is 17.6 Å². The van der Waals surface area contributed by atoms with Crippen LogP contribution < -0.4 is 11.1 Å². The van der Waals surface area contributed by atoms with Crippen molar-refractivity contribution in [3.05, 3.63) is 35.4 Å². The van der Waals surface area contributed by atoms with Gasteiger partial charge in [-0.25, -0.2) is 0 Å². The van der Waals surface area contributed by atoms with Crippen LogP contribution in [-0.2, 0) is 36.9 Å². The first kappa shape index (κ1) is 30.3. The Morgan fingerprint density at radius 2 is 1.76 bits per heavy atom. The average molecular weight is 518 g/mol. The normalized spacial score (nSPS) is 19.1. The highest BCUT2D eigenvalue weighted by atomic mass is 16.5. The van der Waals surface area contributed by atoms with E-state index >= 15 is 0 Å². The van der Waals surface area contributed by atoms with Gasteiger partial charge < -0.3 is 25.8 Å². The monoisotopic (exact) mass is 517 g/mol. The summed E-state index contributed by atoms with van der Waals surface area (Å²) in [5, 5.41) is 11.7. The second-order valence-corrected chi connectivity index (χ2v) is 10.3. The SMILES string of the molecule is CCCC[C@H](C)[C@H](CC(=O)N1Cc2ccccc2C[C@@H]1C(=O)N[C@@H](C)C(=O)O)OC(=O)[C@H](N)[C@@H](C)CC. The molecule has 1 aliphatic heterocycles. The number of benzene rings is 1. The van der Waals surface area contributed by atoms with Crippen LogP contribution in [0.1, 0.15) is 77.8 Å². The molecule has 0 unspecified atom stereocenters. The van der Waals surface area contributed by atoms with E-state index in [1.807, 2.05) is 45.0 Å². The van der Waals surface area contributed by atoms with E-state index in [1.54, 1.807) is 0 Å². The van der Waals surface area contributed by atoms with E-state index in [9.17, 15) is 24.3 Å². The number of nitrogens with two attached hydrogens (primary N) is 1. The van der Waals surface area contributed by atoms with E-state index < -0.39 is 42.1 Å². The van der Waals surface area contributed by atoms with Crippen LogP contribution in [0.4, 0.5) is 0 Å². The smallest absolute Gasteiger partial charge is 0.325 e.